The summed E-state index contributed by atoms with van der Waals surface area (Å²) < 4.78 is 2.14. The highest BCUT2D eigenvalue weighted by atomic mass is 15.1. The summed E-state index contributed by atoms with van der Waals surface area (Å²) >= 11 is 0. The molecule has 3 aromatic heterocycles. The van der Waals surface area contributed by atoms with Crippen molar-refractivity contribution in [3.8, 4) is 22.4 Å². The Bertz CT molecular complexity index is 2170. The number of para-hydroxylation sites is 2. The summed E-state index contributed by atoms with van der Waals surface area (Å²) in [6.45, 7) is 0. The average Bonchev–Trinajstić information content (AvgIpc) is 3.46. The molecular weight excluding hydrogens is 512 g/mol. The molecule has 0 spiro atoms. The maximum Gasteiger partial charge on any atom is 0.137 e. The standard InChI is InChI=1S/C38H26N4/c1-3-11-27(12-4-1)28-18-22-31(23-19-28)42(30-13-5-2-6-14-30)32-24-20-29(21-25-32)36-38-37(33-15-7-8-16-34(33)39-36)40-35-17-9-10-26-41(35)38/h1-26H. The maximum absolute atomic E-state index is 5.15. The normalized spacial score (nSPS) is 11.3. The molecule has 8 aromatic rings. The molecule has 4 nitrogen and oxygen atoms in total. The fraction of sp³-hybridized carbons (Fsp3) is 0. The summed E-state index contributed by atoms with van der Waals surface area (Å²) in [5.74, 6) is 0. The molecule has 0 aliphatic heterocycles. The molecule has 8 rings (SSSR count). The zero-order valence-corrected chi connectivity index (χ0v) is 22.8. The van der Waals surface area contributed by atoms with Gasteiger partial charge in [0.1, 0.15) is 11.2 Å². The van der Waals surface area contributed by atoms with Gasteiger partial charge in [-0.05, 0) is 65.7 Å². The van der Waals surface area contributed by atoms with Crippen LogP contribution in [0.1, 0.15) is 0 Å². The van der Waals surface area contributed by atoms with Gasteiger partial charge in [-0.3, -0.25) is 4.40 Å². The van der Waals surface area contributed by atoms with Gasteiger partial charge in [0.05, 0.1) is 16.7 Å². The maximum atomic E-state index is 5.15. The van der Waals surface area contributed by atoms with Gasteiger partial charge in [0.15, 0.2) is 0 Å². The van der Waals surface area contributed by atoms with Crippen LogP contribution < -0.4 is 4.90 Å². The number of imidazole rings is 1. The molecule has 0 fully saturated rings. The minimum atomic E-state index is 0.915. The second kappa shape index (κ2) is 10.0. The van der Waals surface area contributed by atoms with E-state index in [4.69, 9.17) is 9.97 Å². The number of rotatable bonds is 5. The van der Waals surface area contributed by atoms with E-state index < -0.39 is 0 Å². The zero-order valence-electron chi connectivity index (χ0n) is 22.8. The van der Waals surface area contributed by atoms with Gasteiger partial charge in [0.2, 0.25) is 0 Å². The summed E-state index contributed by atoms with van der Waals surface area (Å²) in [4.78, 5) is 12.4. The predicted molar refractivity (Wildman–Crippen MR) is 174 cm³/mol. The molecule has 0 radical (unpaired) electrons. The Balaban J connectivity index is 1.25. The molecule has 42 heavy (non-hydrogen) atoms. The summed E-state index contributed by atoms with van der Waals surface area (Å²) in [5, 5.41) is 1.06. The molecular formula is C38H26N4. The first-order chi connectivity index (χ1) is 20.8. The van der Waals surface area contributed by atoms with E-state index in [9.17, 15) is 0 Å². The number of hydrogen-bond acceptors (Lipinski definition) is 3. The lowest BCUT2D eigenvalue weighted by molar-refractivity contribution is 1.22. The zero-order chi connectivity index (χ0) is 27.9. The Morgan fingerprint density at radius 3 is 1.76 bits per heavy atom. The van der Waals surface area contributed by atoms with Crippen LogP contribution in [0, 0.1) is 0 Å². The Hall–Kier alpha value is -5.74. The number of anilines is 3. The lowest BCUT2D eigenvalue weighted by Crippen LogP contribution is -2.09. The number of aromatic nitrogens is 3. The van der Waals surface area contributed by atoms with Crippen molar-refractivity contribution in [1.29, 1.82) is 0 Å². The molecule has 4 heteroatoms. The quantitative estimate of drug-likeness (QED) is 0.219. The van der Waals surface area contributed by atoms with Crippen LogP contribution in [0.25, 0.3) is 50.0 Å². The first-order valence-electron chi connectivity index (χ1n) is 14.1. The first-order valence-corrected chi connectivity index (χ1v) is 14.1. The SMILES string of the molecule is c1ccc(-c2ccc(N(c3ccccc3)c3ccc(-c4nc5ccccc5c5nc6ccccn6c45)cc3)cc2)cc1. The van der Waals surface area contributed by atoms with Crippen LogP contribution in [0.5, 0.6) is 0 Å². The van der Waals surface area contributed by atoms with Crippen molar-refractivity contribution in [3.63, 3.8) is 0 Å². The van der Waals surface area contributed by atoms with Gasteiger partial charge >= 0.3 is 0 Å². The van der Waals surface area contributed by atoms with Crippen LogP contribution in [-0.2, 0) is 0 Å². The van der Waals surface area contributed by atoms with Crippen molar-refractivity contribution in [2.45, 2.75) is 0 Å². The number of pyridine rings is 2. The van der Waals surface area contributed by atoms with E-state index in [-0.39, 0.29) is 0 Å². The Labute approximate surface area is 243 Å². The molecule has 198 valence electrons. The van der Waals surface area contributed by atoms with E-state index >= 15 is 0 Å². The lowest BCUT2D eigenvalue weighted by Gasteiger charge is -2.26. The smallest absolute Gasteiger partial charge is 0.137 e. The highest BCUT2D eigenvalue weighted by Gasteiger charge is 2.17. The number of fused-ring (bicyclic) bond motifs is 5. The van der Waals surface area contributed by atoms with Gasteiger partial charge in [-0.1, -0.05) is 97.1 Å². The molecule has 0 saturated carbocycles. The summed E-state index contributed by atoms with van der Waals surface area (Å²) in [6.07, 6.45) is 2.06. The third kappa shape index (κ3) is 4.09. The van der Waals surface area contributed by atoms with Gasteiger partial charge in [-0.15, -0.1) is 0 Å². The van der Waals surface area contributed by atoms with Crippen molar-refractivity contribution in [1.82, 2.24) is 14.4 Å². The van der Waals surface area contributed by atoms with Crippen molar-refractivity contribution >= 4 is 44.6 Å². The van der Waals surface area contributed by atoms with Crippen molar-refractivity contribution in [3.05, 3.63) is 158 Å². The molecule has 3 heterocycles. The highest BCUT2D eigenvalue weighted by molar-refractivity contribution is 6.09. The van der Waals surface area contributed by atoms with Gasteiger partial charge < -0.3 is 4.90 Å². The van der Waals surface area contributed by atoms with Gasteiger partial charge in [-0.2, -0.15) is 0 Å². The second-order valence-electron chi connectivity index (χ2n) is 10.3. The summed E-state index contributed by atoms with van der Waals surface area (Å²) in [6, 6.07) is 52.8. The minimum Gasteiger partial charge on any atom is -0.311 e. The van der Waals surface area contributed by atoms with Crippen LogP contribution in [0.3, 0.4) is 0 Å². The third-order valence-electron chi connectivity index (χ3n) is 7.79. The van der Waals surface area contributed by atoms with Crippen LogP contribution in [-0.4, -0.2) is 14.4 Å². The molecule has 0 aliphatic carbocycles. The van der Waals surface area contributed by atoms with Crippen LogP contribution in [0.2, 0.25) is 0 Å². The number of benzene rings is 5. The molecule has 0 atom stereocenters. The van der Waals surface area contributed by atoms with E-state index in [2.05, 4.69) is 131 Å². The monoisotopic (exact) mass is 538 g/mol. The number of nitrogens with zero attached hydrogens (tertiary/aromatic N) is 4. The van der Waals surface area contributed by atoms with E-state index in [0.717, 1.165) is 55.9 Å². The summed E-state index contributed by atoms with van der Waals surface area (Å²) in [7, 11) is 0. The topological polar surface area (TPSA) is 33.4 Å². The summed E-state index contributed by atoms with van der Waals surface area (Å²) in [5.41, 5.74) is 11.5. The van der Waals surface area contributed by atoms with E-state index in [1.54, 1.807) is 0 Å². The molecule has 0 amide bonds. The Morgan fingerprint density at radius 1 is 0.452 bits per heavy atom. The van der Waals surface area contributed by atoms with E-state index in [1.165, 1.54) is 11.1 Å². The largest absolute Gasteiger partial charge is 0.311 e. The van der Waals surface area contributed by atoms with Gasteiger partial charge in [0, 0.05) is 34.2 Å². The minimum absolute atomic E-state index is 0.915. The molecule has 5 aromatic carbocycles. The molecule has 0 unspecified atom stereocenters. The average molecular weight is 539 g/mol. The van der Waals surface area contributed by atoms with Gasteiger partial charge in [0.25, 0.3) is 0 Å². The van der Waals surface area contributed by atoms with Crippen LogP contribution >= 0.6 is 0 Å². The fourth-order valence-electron chi connectivity index (χ4n) is 5.78. The number of hydrogen-bond donors (Lipinski definition) is 0. The van der Waals surface area contributed by atoms with Crippen LogP contribution in [0.4, 0.5) is 17.1 Å². The second-order valence-corrected chi connectivity index (χ2v) is 10.3. The van der Waals surface area contributed by atoms with E-state index in [1.807, 2.05) is 36.4 Å². The fourth-order valence-corrected chi connectivity index (χ4v) is 5.78. The molecule has 0 aliphatic rings. The van der Waals surface area contributed by atoms with Crippen LogP contribution in [0.15, 0.2) is 158 Å². The van der Waals surface area contributed by atoms with Crippen molar-refractivity contribution in [2.24, 2.45) is 0 Å². The van der Waals surface area contributed by atoms with Crippen molar-refractivity contribution < 1.29 is 0 Å². The third-order valence-corrected chi connectivity index (χ3v) is 7.79. The lowest BCUT2D eigenvalue weighted by atomic mass is 10.0. The van der Waals surface area contributed by atoms with E-state index in [0.29, 0.717) is 0 Å². The highest BCUT2D eigenvalue weighted by Crippen LogP contribution is 2.38. The van der Waals surface area contributed by atoms with Gasteiger partial charge in [-0.25, -0.2) is 9.97 Å². The Kier molecular flexibility index (Phi) is 5.75. The van der Waals surface area contributed by atoms with Crippen molar-refractivity contribution in [2.75, 3.05) is 4.90 Å². The first kappa shape index (κ1) is 24.1. The molecule has 0 saturated heterocycles. The molecule has 0 N–H and O–H groups in total. The Morgan fingerprint density at radius 2 is 1.02 bits per heavy atom. The molecule has 0 bridgehead atoms. The predicted octanol–water partition coefficient (Wildman–Crippen LogP) is 9.84.